The Labute approximate surface area is 156 Å². The van der Waals surface area contributed by atoms with Crippen molar-refractivity contribution in [2.75, 3.05) is 37.6 Å². The zero-order chi connectivity index (χ0) is 19.2. The molecule has 7 nitrogen and oxygen atoms in total. The lowest BCUT2D eigenvalue weighted by atomic mass is 10.2. The molecule has 3 rings (SSSR count). The second kappa shape index (κ2) is 8.59. The molecule has 1 saturated heterocycles. The Morgan fingerprint density at radius 2 is 1.67 bits per heavy atom. The van der Waals surface area contributed by atoms with E-state index in [0.717, 1.165) is 37.4 Å². The number of non-ortho nitro benzene ring substituents is 1. The Kier molecular flexibility index (Phi) is 5.97. The number of nitro benzene ring substituents is 1. The van der Waals surface area contributed by atoms with Crippen molar-refractivity contribution < 1.29 is 14.1 Å². The summed E-state index contributed by atoms with van der Waals surface area (Å²) in [4.78, 5) is 26.6. The highest BCUT2D eigenvalue weighted by Gasteiger charge is 2.19. The summed E-state index contributed by atoms with van der Waals surface area (Å²) in [7, 11) is 0. The minimum Gasteiger partial charge on any atom is -0.369 e. The average molecular weight is 372 g/mol. The predicted molar refractivity (Wildman–Crippen MR) is 100.0 cm³/mol. The first-order valence-electron chi connectivity index (χ1n) is 8.74. The Morgan fingerprint density at radius 3 is 2.26 bits per heavy atom. The van der Waals surface area contributed by atoms with Crippen molar-refractivity contribution in [1.29, 1.82) is 0 Å². The van der Waals surface area contributed by atoms with Crippen molar-refractivity contribution in [3.05, 3.63) is 70.0 Å². The molecule has 1 fully saturated rings. The number of piperazine rings is 1. The number of carbonyl (C=O) groups is 1. The SMILES string of the molecule is O=C(CN1CCN(c2ccc([N+](=O)[O-])cc2)CC1)NCc1ccc(F)cc1. The van der Waals surface area contributed by atoms with Gasteiger partial charge in [-0.1, -0.05) is 12.1 Å². The van der Waals surface area contributed by atoms with Gasteiger partial charge in [0.05, 0.1) is 11.5 Å². The van der Waals surface area contributed by atoms with Crippen LogP contribution in [0, 0.1) is 15.9 Å². The fraction of sp³-hybridized carbons (Fsp3) is 0.316. The summed E-state index contributed by atoms with van der Waals surface area (Å²) in [6.45, 7) is 3.67. The van der Waals surface area contributed by atoms with Crippen LogP contribution in [0.2, 0.25) is 0 Å². The number of carbonyl (C=O) groups excluding carboxylic acids is 1. The molecule has 0 bridgehead atoms. The molecule has 1 N–H and O–H groups in total. The molecular formula is C19H21FN4O3. The van der Waals surface area contributed by atoms with E-state index in [-0.39, 0.29) is 17.4 Å². The van der Waals surface area contributed by atoms with E-state index >= 15 is 0 Å². The Balaban J connectivity index is 1.42. The highest BCUT2D eigenvalue weighted by Crippen LogP contribution is 2.20. The van der Waals surface area contributed by atoms with Gasteiger partial charge in [0.1, 0.15) is 5.82 Å². The van der Waals surface area contributed by atoms with Crippen LogP contribution in [-0.4, -0.2) is 48.5 Å². The standard InChI is InChI=1S/C19H21FN4O3/c20-16-3-1-15(2-4-16)13-21-19(25)14-22-9-11-23(12-10-22)17-5-7-18(8-6-17)24(26)27/h1-8H,9-14H2,(H,21,25). The number of nitrogens with zero attached hydrogens (tertiary/aromatic N) is 3. The van der Waals surface area contributed by atoms with Gasteiger partial charge in [-0.25, -0.2) is 4.39 Å². The lowest BCUT2D eigenvalue weighted by molar-refractivity contribution is -0.384. The third kappa shape index (κ3) is 5.24. The summed E-state index contributed by atoms with van der Waals surface area (Å²) < 4.78 is 12.9. The molecule has 0 saturated carbocycles. The molecule has 0 spiro atoms. The third-order valence-corrected chi connectivity index (χ3v) is 4.57. The highest BCUT2D eigenvalue weighted by molar-refractivity contribution is 5.78. The number of rotatable bonds is 6. The number of benzene rings is 2. The van der Waals surface area contributed by atoms with Crippen molar-refractivity contribution in [3.8, 4) is 0 Å². The number of halogens is 1. The first kappa shape index (κ1) is 18.8. The fourth-order valence-electron chi connectivity index (χ4n) is 3.01. The van der Waals surface area contributed by atoms with Gasteiger partial charge >= 0.3 is 0 Å². The lowest BCUT2D eigenvalue weighted by Crippen LogP contribution is -2.49. The molecule has 0 radical (unpaired) electrons. The summed E-state index contributed by atoms with van der Waals surface area (Å²) in [5.41, 5.74) is 1.88. The zero-order valence-electron chi connectivity index (χ0n) is 14.8. The molecule has 1 aliphatic rings. The van der Waals surface area contributed by atoms with Crippen molar-refractivity contribution in [2.24, 2.45) is 0 Å². The van der Waals surface area contributed by atoms with Crippen molar-refractivity contribution in [1.82, 2.24) is 10.2 Å². The second-order valence-corrected chi connectivity index (χ2v) is 6.44. The van der Waals surface area contributed by atoms with E-state index in [4.69, 9.17) is 0 Å². The van der Waals surface area contributed by atoms with E-state index < -0.39 is 4.92 Å². The van der Waals surface area contributed by atoms with Crippen molar-refractivity contribution in [3.63, 3.8) is 0 Å². The van der Waals surface area contributed by atoms with Gasteiger partial charge in [-0.15, -0.1) is 0 Å². The normalized spacial score (nSPS) is 14.8. The summed E-state index contributed by atoms with van der Waals surface area (Å²) >= 11 is 0. The predicted octanol–water partition coefficient (Wildman–Crippen LogP) is 2.17. The fourth-order valence-corrected chi connectivity index (χ4v) is 3.01. The van der Waals surface area contributed by atoms with E-state index in [2.05, 4.69) is 15.1 Å². The number of hydrogen-bond donors (Lipinski definition) is 1. The van der Waals surface area contributed by atoms with Crippen molar-refractivity contribution in [2.45, 2.75) is 6.54 Å². The van der Waals surface area contributed by atoms with Gasteiger partial charge < -0.3 is 10.2 Å². The Morgan fingerprint density at radius 1 is 1.04 bits per heavy atom. The number of anilines is 1. The summed E-state index contributed by atoms with van der Waals surface area (Å²) in [6, 6.07) is 12.6. The van der Waals surface area contributed by atoms with Crippen LogP contribution in [0.5, 0.6) is 0 Å². The van der Waals surface area contributed by atoms with Crippen LogP contribution in [-0.2, 0) is 11.3 Å². The molecule has 142 valence electrons. The van der Waals surface area contributed by atoms with Crippen LogP contribution in [0.25, 0.3) is 0 Å². The van der Waals surface area contributed by atoms with Crippen LogP contribution in [0.3, 0.4) is 0 Å². The van der Waals surface area contributed by atoms with E-state index in [9.17, 15) is 19.3 Å². The minimum atomic E-state index is -0.410. The van der Waals surface area contributed by atoms with Gasteiger partial charge in [-0.2, -0.15) is 0 Å². The van der Waals surface area contributed by atoms with Crippen LogP contribution in [0.15, 0.2) is 48.5 Å². The van der Waals surface area contributed by atoms with Crippen LogP contribution in [0.1, 0.15) is 5.56 Å². The smallest absolute Gasteiger partial charge is 0.269 e. The largest absolute Gasteiger partial charge is 0.369 e. The Hall–Kier alpha value is -3.00. The average Bonchev–Trinajstić information content (AvgIpc) is 2.68. The topological polar surface area (TPSA) is 78.7 Å². The summed E-state index contributed by atoms with van der Waals surface area (Å²) in [5, 5.41) is 13.6. The van der Waals surface area contributed by atoms with Gasteiger partial charge in [0.2, 0.25) is 5.91 Å². The summed E-state index contributed by atoms with van der Waals surface area (Å²) in [6.07, 6.45) is 0. The third-order valence-electron chi connectivity index (χ3n) is 4.57. The maximum Gasteiger partial charge on any atom is 0.269 e. The van der Waals surface area contributed by atoms with E-state index in [0.29, 0.717) is 13.1 Å². The maximum absolute atomic E-state index is 12.9. The first-order valence-corrected chi connectivity index (χ1v) is 8.74. The second-order valence-electron chi connectivity index (χ2n) is 6.44. The molecule has 1 amide bonds. The number of nitro groups is 1. The first-order chi connectivity index (χ1) is 13.0. The summed E-state index contributed by atoms with van der Waals surface area (Å²) in [5.74, 6) is -0.362. The quantitative estimate of drug-likeness (QED) is 0.621. The van der Waals surface area contributed by atoms with Crippen molar-refractivity contribution >= 4 is 17.3 Å². The molecule has 0 unspecified atom stereocenters. The van der Waals surface area contributed by atoms with E-state index in [1.54, 1.807) is 24.3 Å². The lowest BCUT2D eigenvalue weighted by Gasteiger charge is -2.35. The van der Waals surface area contributed by atoms with Crippen LogP contribution >= 0.6 is 0 Å². The van der Waals surface area contributed by atoms with E-state index in [1.807, 2.05) is 0 Å². The zero-order valence-corrected chi connectivity index (χ0v) is 14.8. The molecule has 0 aliphatic carbocycles. The number of amides is 1. The number of hydrogen-bond acceptors (Lipinski definition) is 5. The van der Waals surface area contributed by atoms with E-state index in [1.165, 1.54) is 24.3 Å². The molecule has 2 aromatic rings. The molecule has 2 aromatic carbocycles. The van der Waals surface area contributed by atoms with Gasteiger partial charge in [0.15, 0.2) is 0 Å². The van der Waals surface area contributed by atoms with Gasteiger partial charge in [-0.3, -0.25) is 19.8 Å². The Bertz CT molecular complexity index is 788. The van der Waals surface area contributed by atoms with Gasteiger partial charge in [0.25, 0.3) is 5.69 Å². The molecule has 0 atom stereocenters. The molecule has 27 heavy (non-hydrogen) atoms. The molecule has 0 aromatic heterocycles. The molecule has 1 heterocycles. The maximum atomic E-state index is 12.9. The molecular weight excluding hydrogens is 351 g/mol. The number of nitrogens with one attached hydrogen (secondary N) is 1. The molecule has 1 aliphatic heterocycles. The highest BCUT2D eigenvalue weighted by atomic mass is 19.1. The van der Waals surface area contributed by atoms with Gasteiger partial charge in [0, 0.05) is 50.5 Å². The monoisotopic (exact) mass is 372 g/mol. The van der Waals surface area contributed by atoms with Crippen LogP contribution in [0.4, 0.5) is 15.8 Å². The van der Waals surface area contributed by atoms with Gasteiger partial charge in [-0.05, 0) is 29.8 Å². The van der Waals surface area contributed by atoms with Crippen LogP contribution < -0.4 is 10.2 Å². The minimum absolute atomic E-state index is 0.0666. The molecule has 8 heteroatoms.